The van der Waals surface area contributed by atoms with Crippen molar-refractivity contribution in [3.05, 3.63) is 47.1 Å². The lowest BCUT2D eigenvalue weighted by Crippen LogP contribution is -2.49. The number of carbonyl (C=O) groups is 2. The van der Waals surface area contributed by atoms with Gasteiger partial charge in [-0.25, -0.2) is 22.2 Å². The molecule has 0 unspecified atom stereocenters. The predicted molar refractivity (Wildman–Crippen MR) is 162 cm³/mol. The molecule has 1 saturated carbocycles. The van der Waals surface area contributed by atoms with E-state index in [2.05, 4.69) is 10.3 Å². The number of aromatic nitrogens is 1. The molecular weight excluding hydrogens is 616 g/mol. The number of aliphatic hydroxyl groups excluding tert-OH is 1. The van der Waals surface area contributed by atoms with Crippen molar-refractivity contribution in [3.63, 3.8) is 0 Å². The molecule has 44 heavy (non-hydrogen) atoms. The van der Waals surface area contributed by atoms with Crippen LogP contribution in [-0.4, -0.2) is 80.5 Å². The molecule has 0 radical (unpaired) electrons. The molecule has 1 aromatic carbocycles. The van der Waals surface area contributed by atoms with E-state index < -0.39 is 21.9 Å². The number of alkyl halides is 2. The molecule has 3 fully saturated rings. The van der Waals surface area contributed by atoms with E-state index in [1.807, 2.05) is 0 Å². The Balaban J connectivity index is 1.20. The molecule has 240 valence electrons. The molecule has 0 spiro atoms. The van der Waals surface area contributed by atoms with E-state index in [4.69, 9.17) is 16.7 Å². The summed E-state index contributed by atoms with van der Waals surface area (Å²) in [6.07, 6.45) is 2.79. The second-order valence-corrected chi connectivity index (χ2v) is 13.9. The minimum Gasteiger partial charge on any atom is -0.396 e. The van der Waals surface area contributed by atoms with Crippen molar-refractivity contribution in [2.24, 2.45) is 11.8 Å². The topological polar surface area (TPSA) is 123 Å². The Morgan fingerprint density at radius 3 is 2.34 bits per heavy atom. The fourth-order valence-electron chi connectivity index (χ4n) is 6.25. The van der Waals surface area contributed by atoms with Gasteiger partial charge in [0, 0.05) is 75.4 Å². The minimum absolute atomic E-state index is 0.0231. The molecule has 2 aromatic rings. The molecule has 2 N–H and O–H groups in total. The van der Waals surface area contributed by atoms with Crippen LogP contribution in [0.2, 0.25) is 5.15 Å². The van der Waals surface area contributed by atoms with E-state index in [9.17, 15) is 18.0 Å². The Labute approximate surface area is 261 Å². The Morgan fingerprint density at radius 1 is 1.05 bits per heavy atom. The SMILES string of the molecule is O=C(NCCCO)C1CCC(C(F)(F)c2cc(Cl)nc(N3CCN(S(=O)(=O)c4ccc(N5CCCC5=O)cc4)CC3)c2)CC1. The molecule has 5 rings (SSSR count). The quantitative estimate of drug-likeness (QED) is 0.296. The minimum atomic E-state index is -3.80. The molecule has 3 aliphatic rings. The van der Waals surface area contributed by atoms with E-state index >= 15 is 8.78 Å². The average molecular weight is 654 g/mol. The lowest BCUT2D eigenvalue weighted by atomic mass is 9.77. The van der Waals surface area contributed by atoms with Crippen molar-refractivity contribution in [2.45, 2.75) is 55.8 Å². The Morgan fingerprint density at radius 2 is 1.73 bits per heavy atom. The number of piperazine rings is 1. The smallest absolute Gasteiger partial charge is 0.276 e. The number of rotatable bonds is 10. The summed E-state index contributed by atoms with van der Waals surface area (Å²) < 4.78 is 59.5. The summed E-state index contributed by atoms with van der Waals surface area (Å²) in [6, 6.07) is 8.81. The van der Waals surface area contributed by atoms with Crippen molar-refractivity contribution in [1.29, 1.82) is 0 Å². The van der Waals surface area contributed by atoms with E-state index in [1.165, 1.54) is 28.6 Å². The molecule has 10 nitrogen and oxygen atoms in total. The number of pyridine rings is 1. The number of halogens is 3. The van der Waals surface area contributed by atoms with Crippen LogP contribution in [0.25, 0.3) is 0 Å². The van der Waals surface area contributed by atoms with E-state index in [1.54, 1.807) is 21.9 Å². The maximum Gasteiger partial charge on any atom is 0.276 e. The summed E-state index contributed by atoms with van der Waals surface area (Å²) in [4.78, 5) is 32.2. The lowest BCUT2D eigenvalue weighted by Gasteiger charge is -2.36. The molecular formula is C30H38ClF2N5O5S. The highest BCUT2D eigenvalue weighted by Gasteiger charge is 2.44. The highest BCUT2D eigenvalue weighted by Crippen LogP contribution is 2.46. The van der Waals surface area contributed by atoms with Gasteiger partial charge in [-0.05, 0) is 74.9 Å². The van der Waals surface area contributed by atoms with Gasteiger partial charge in [-0.3, -0.25) is 9.59 Å². The average Bonchev–Trinajstić information content (AvgIpc) is 3.46. The molecule has 1 aromatic heterocycles. The fourth-order valence-corrected chi connectivity index (χ4v) is 7.88. The van der Waals surface area contributed by atoms with Crippen molar-refractivity contribution >= 4 is 44.9 Å². The van der Waals surface area contributed by atoms with Gasteiger partial charge in [-0.2, -0.15) is 4.31 Å². The van der Waals surface area contributed by atoms with Gasteiger partial charge in [-0.15, -0.1) is 0 Å². The van der Waals surface area contributed by atoms with Crippen LogP contribution in [0.1, 0.15) is 50.5 Å². The van der Waals surface area contributed by atoms with Crippen LogP contribution in [0, 0.1) is 11.8 Å². The first kappa shape index (κ1) is 32.5. The second-order valence-electron chi connectivity index (χ2n) is 11.6. The Bertz CT molecular complexity index is 1450. The van der Waals surface area contributed by atoms with E-state index in [0.29, 0.717) is 44.5 Å². The predicted octanol–water partition coefficient (Wildman–Crippen LogP) is 3.77. The van der Waals surface area contributed by atoms with Gasteiger partial charge >= 0.3 is 0 Å². The van der Waals surface area contributed by atoms with Gasteiger partial charge < -0.3 is 20.2 Å². The number of amides is 2. The van der Waals surface area contributed by atoms with Gasteiger partial charge in [0.2, 0.25) is 21.8 Å². The van der Waals surface area contributed by atoms with Crippen LogP contribution in [0.4, 0.5) is 20.3 Å². The summed E-state index contributed by atoms with van der Waals surface area (Å²) in [5.41, 5.74) is 0.429. The van der Waals surface area contributed by atoms with Crippen molar-refractivity contribution in [3.8, 4) is 0 Å². The summed E-state index contributed by atoms with van der Waals surface area (Å²) in [5.74, 6) is -4.33. The zero-order valence-corrected chi connectivity index (χ0v) is 26.0. The zero-order valence-electron chi connectivity index (χ0n) is 24.4. The molecule has 2 aliphatic heterocycles. The first-order chi connectivity index (χ1) is 21.0. The zero-order chi connectivity index (χ0) is 31.5. The summed E-state index contributed by atoms with van der Waals surface area (Å²) in [7, 11) is -3.80. The molecule has 3 heterocycles. The van der Waals surface area contributed by atoms with Gasteiger partial charge in [0.1, 0.15) is 11.0 Å². The fraction of sp³-hybridized carbons (Fsp3) is 0.567. The number of nitrogens with zero attached hydrogens (tertiary/aromatic N) is 4. The first-order valence-electron chi connectivity index (χ1n) is 15.1. The highest BCUT2D eigenvalue weighted by atomic mass is 35.5. The summed E-state index contributed by atoms with van der Waals surface area (Å²) in [5, 5.41) is 11.6. The number of hydrogen-bond donors (Lipinski definition) is 2. The first-order valence-corrected chi connectivity index (χ1v) is 16.9. The van der Waals surface area contributed by atoms with Gasteiger partial charge in [0.05, 0.1) is 4.90 Å². The normalized spacial score (nSPS) is 22.0. The molecule has 2 saturated heterocycles. The van der Waals surface area contributed by atoms with Gasteiger partial charge in [-0.1, -0.05) is 11.6 Å². The number of nitrogens with one attached hydrogen (secondary N) is 1. The van der Waals surface area contributed by atoms with Crippen LogP contribution in [0.3, 0.4) is 0 Å². The lowest BCUT2D eigenvalue weighted by molar-refractivity contribution is -0.129. The molecule has 0 atom stereocenters. The van der Waals surface area contributed by atoms with E-state index in [-0.39, 0.29) is 84.8 Å². The number of hydrogen-bond acceptors (Lipinski definition) is 7. The maximum absolute atomic E-state index is 15.8. The maximum atomic E-state index is 15.8. The number of anilines is 2. The van der Waals surface area contributed by atoms with E-state index in [0.717, 1.165) is 6.42 Å². The molecule has 14 heteroatoms. The largest absolute Gasteiger partial charge is 0.396 e. The monoisotopic (exact) mass is 653 g/mol. The van der Waals surface area contributed by atoms with Crippen molar-refractivity contribution in [1.82, 2.24) is 14.6 Å². The van der Waals surface area contributed by atoms with Crippen molar-refractivity contribution < 1.29 is 31.9 Å². The Hall–Kier alpha value is -2.87. The third-order valence-corrected chi connectivity index (χ3v) is 10.9. The van der Waals surface area contributed by atoms with Crippen molar-refractivity contribution in [2.75, 3.05) is 55.7 Å². The number of sulfonamides is 1. The van der Waals surface area contributed by atoms with Crippen LogP contribution in [0.15, 0.2) is 41.3 Å². The van der Waals surface area contributed by atoms with Crippen LogP contribution in [0.5, 0.6) is 0 Å². The molecule has 1 aliphatic carbocycles. The third-order valence-electron chi connectivity index (χ3n) is 8.83. The molecule has 0 bridgehead atoms. The number of aliphatic hydroxyl groups is 1. The summed E-state index contributed by atoms with van der Waals surface area (Å²) >= 11 is 6.22. The van der Waals surface area contributed by atoms with Gasteiger partial charge in [0.25, 0.3) is 5.92 Å². The molecule has 2 amide bonds. The second kappa shape index (κ2) is 13.6. The highest BCUT2D eigenvalue weighted by molar-refractivity contribution is 7.89. The van der Waals surface area contributed by atoms with Crippen LogP contribution >= 0.6 is 11.6 Å². The number of carbonyl (C=O) groups excluding carboxylic acids is 2. The standard InChI is InChI=1S/C30H38ClF2N5O5S/c31-26-19-23(30(32,33)22-6-4-21(5-7-22)29(41)34-12-2-18-39)20-27(35-26)36-14-16-37(17-15-36)44(42,43)25-10-8-24(9-11-25)38-13-1-3-28(38)40/h8-11,19-22,39H,1-7,12-18H2,(H,34,41). The summed E-state index contributed by atoms with van der Waals surface area (Å²) in [6.45, 7) is 1.72. The van der Waals surface area contributed by atoms with Gasteiger partial charge in [0.15, 0.2) is 0 Å². The number of benzene rings is 1. The van der Waals surface area contributed by atoms with Crippen LogP contribution < -0.4 is 15.1 Å². The van der Waals surface area contributed by atoms with Crippen LogP contribution in [-0.2, 0) is 25.5 Å². The third kappa shape index (κ3) is 7.00. The Kier molecular flexibility index (Phi) is 10.1.